The SMILES string of the molecule is COC(=O)c1ccc2c(C3CCCCC3)c(-c3ccc(Cl)c4cc[nH]c34)n(CCCOS(C)(=O)=O)c2c1.COC(=O)c1ccc2c(C3CCCCC3)c(-c3ccc(Cl)c4cc[nH]c34)n(CCCO[Si](C)(C)C(C)(C)C)c2c1. The van der Waals surface area contributed by atoms with E-state index in [4.69, 9.17) is 41.3 Å². The number of methoxy groups -OCH3 is 2. The van der Waals surface area contributed by atoms with E-state index in [0.717, 1.165) is 92.1 Å². The largest absolute Gasteiger partial charge is 0.465 e. The number of hydrogen-bond donors (Lipinski definition) is 2. The van der Waals surface area contributed by atoms with Crippen molar-refractivity contribution in [1.82, 2.24) is 19.1 Å². The van der Waals surface area contributed by atoms with Gasteiger partial charge in [0.05, 0.1) is 60.6 Å². The molecular weight excluding hydrogens is 1050 g/mol. The van der Waals surface area contributed by atoms with Crippen molar-refractivity contribution in [3.8, 4) is 22.5 Å². The summed E-state index contributed by atoms with van der Waals surface area (Å²) in [7, 11) is -2.56. The molecule has 4 aromatic heterocycles. The lowest BCUT2D eigenvalue weighted by molar-refractivity contribution is 0.0592. The van der Waals surface area contributed by atoms with Crippen molar-refractivity contribution in [1.29, 1.82) is 0 Å². The van der Waals surface area contributed by atoms with Crippen molar-refractivity contribution >= 4 is 97.2 Å². The van der Waals surface area contributed by atoms with Crippen molar-refractivity contribution in [2.24, 2.45) is 0 Å². The van der Waals surface area contributed by atoms with Crippen molar-refractivity contribution in [3.05, 3.63) is 117 Å². The molecule has 0 saturated heterocycles. The first-order valence-electron chi connectivity index (χ1n) is 27.3. The lowest BCUT2D eigenvalue weighted by atomic mass is 9.81. The quantitative estimate of drug-likeness (QED) is 0.0421. The fourth-order valence-corrected chi connectivity index (χ4v) is 13.7. The van der Waals surface area contributed by atoms with Crippen LogP contribution in [0.3, 0.4) is 0 Å². The molecule has 10 rings (SSSR count). The maximum absolute atomic E-state index is 12.6. The molecule has 2 fully saturated rings. The lowest BCUT2D eigenvalue weighted by Crippen LogP contribution is -2.41. The Balaban J connectivity index is 0.000000188. The Labute approximate surface area is 464 Å². The third-order valence-corrected chi connectivity index (χ3v) is 22.3. The normalized spacial score (nSPS) is 15.1. The first-order chi connectivity index (χ1) is 36.8. The second-order valence-electron chi connectivity index (χ2n) is 22.5. The van der Waals surface area contributed by atoms with Gasteiger partial charge in [-0.25, -0.2) is 9.59 Å². The zero-order chi connectivity index (χ0) is 54.8. The Morgan fingerprint density at radius 3 is 1.45 bits per heavy atom. The van der Waals surface area contributed by atoms with Crippen molar-refractivity contribution < 1.29 is 36.1 Å². The highest BCUT2D eigenvalue weighted by Gasteiger charge is 2.37. The average molecular weight is 1120 g/mol. The summed E-state index contributed by atoms with van der Waals surface area (Å²) >= 11 is 13.2. The van der Waals surface area contributed by atoms with E-state index in [2.05, 4.69) is 71.2 Å². The van der Waals surface area contributed by atoms with Crippen LogP contribution in [0.1, 0.15) is 141 Å². The van der Waals surface area contributed by atoms with Crippen LogP contribution in [-0.4, -0.2) is 81.5 Å². The number of nitrogens with one attached hydrogen (secondary N) is 2. The first-order valence-corrected chi connectivity index (χ1v) is 32.8. The second-order valence-corrected chi connectivity index (χ2v) is 29.8. The Kier molecular flexibility index (Phi) is 17.2. The summed E-state index contributed by atoms with van der Waals surface area (Å²) in [5.74, 6) is 0.147. The molecule has 410 valence electrons. The standard InChI is InChI=1S/C33H43ClN2O3Si.C28H31ClN2O5S/c1-33(2,3)40(5,6)39-20-10-19-36-28-21-23(32(37)38-4)13-14-25(28)29(22-11-8-7-9-12-22)31(36)26-15-16-27(34)24-17-18-35-30(24)26;1-35-28(32)19-9-10-21-24(17-19)31(15-6-16-36-37(2,33)34)27(25(21)18-7-4-3-5-8-18)22-11-12-23(29)20-13-14-30-26(20)22/h13-18,21-22,35H,7-12,19-20H2,1-6H3;9-14,17-18,30H,3-8,15-16H2,1-2H3. The van der Waals surface area contributed by atoms with Crippen LogP contribution in [0, 0.1) is 0 Å². The number of hydrogen-bond acceptors (Lipinski definition) is 8. The molecule has 0 spiro atoms. The van der Waals surface area contributed by atoms with Crippen LogP contribution in [0.2, 0.25) is 28.2 Å². The third kappa shape index (κ3) is 11.8. The number of rotatable bonds is 16. The van der Waals surface area contributed by atoms with Gasteiger partial charge in [-0.3, -0.25) is 4.18 Å². The molecule has 2 saturated carbocycles. The Bertz CT molecular complexity index is 3560. The van der Waals surface area contributed by atoms with Crippen molar-refractivity contribution in [2.45, 2.75) is 141 Å². The highest BCUT2D eigenvalue weighted by molar-refractivity contribution is 7.86. The van der Waals surface area contributed by atoms with Crippen molar-refractivity contribution in [2.75, 3.05) is 33.7 Å². The van der Waals surface area contributed by atoms with Gasteiger partial charge >= 0.3 is 11.9 Å². The maximum atomic E-state index is 12.6. The minimum Gasteiger partial charge on any atom is -0.465 e. The molecule has 0 aliphatic heterocycles. The number of aromatic nitrogens is 4. The second kappa shape index (κ2) is 23.5. The number of nitrogens with zero attached hydrogens (tertiary/aromatic N) is 2. The van der Waals surface area contributed by atoms with Gasteiger partial charge in [-0.2, -0.15) is 8.42 Å². The summed E-state index contributed by atoms with van der Waals surface area (Å²) in [5, 5.41) is 5.91. The predicted molar refractivity (Wildman–Crippen MR) is 316 cm³/mol. The van der Waals surface area contributed by atoms with Gasteiger partial charge < -0.3 is 33.0 Å². The Morgan fingerprint density at radius 2 is 1.05 bits per heavy atom. The van der Waals surface area contributed by atoms with E-state index in [9.17, 15) is 18.0 Å². The third-order valence-electron chi connectivity index (χ3n) is 16.5. The maximum Gasteiger partial charge on any atom is 0.337 e. The van der Waals surface area contributed by atoms with Crippen LogP contribution in [-0.2, 0) is 41.3 Å². The fraction of sp³-hybridized carbons (Fsp3) is 0.443. The van der Waals surface area contributed by atoms with E-state index in [1.807, 2.05) is 67.0 Å². The minimum atomic E-state index is -3.53. The van der Waals surface area contributed by atoms with E-state index >= 15 is 0 Å². The fourth-order valence-electron chi connectivity index (χ4n) is 11.7. The number of fused-ring (bicyclic) bond motifs is 4. The molecule has 12 nitrogen and oxygen atoms in total. The smallest absolute Gasteiger partial charge is 0.337 e. The van der Waals surface area contributed by atoms with Gasteiger partial charge in [-0.15, -0.1) is 0 Å². The molecule has 4 aromatic carbocycles. The van der Waals surface area contributed by atoms with Gasteiger partial charge in [0.15, 0.2) is 8.32 Å². The van der Waals surface area contributed by atoms with Crippen LogP contribution >= 0.6 is 23.2 Å². The van der Waals surface area contributed by atoms with Gasteiger partial charge in [0.25, 0.3) is 10.1 Å². The van der Waals surface area contributed by atoms with E-state index in [1.165, 1.54) is 87.8 Å². The molecule has 0 radical (unpaired) electrons. The van der Waals surface area contributed by atoms with E-state index in [0.29, 0.717) is 47.6 Å². The summed E-state index contributed by atoms with van der Waals surface area (Å²) in [6.45, 7) is 13.6. The van der Waals surface area contributed by atoms with Crippen LogP contribution in [0.4, 0.5) is 0 Å². The number of carbonyl (C=O) groups excluding carboxylic acids is 2. The number of benzene rings is 4. The minimum absolute atomic E-state index is 0.0753. The number of H-pyrrole nitrogens is 2. The van der Waals surface area contributed by atoms with Gasteiger partial charge in [0.1, 0.15) is 0 Å². The van der Waals surface area contributed by atoms with Gasteiger partial charge in [0, 0.05) is 85.8 Å². The molecule has 0 atom stereocenters. The lowest BCUT2D eigenvalue weighted by Gasteiger charge is -2.36. The van der Waals surface area contributed by atoms with Gasteiger partial charge in [-0.1, -0.05) is 94.6 Å². The molecule has 77 heavy (non-hydrogen) atoms. The van der Waals surface area contributed by atoms with Crippen molar-refractivity contribution in [3.63, 3.8) is 0 Å². The summed E-state index contributed by atoms with van der Waals surface area (Å²) in [5.41, 5.74) is 12.2. The first kappa shape index (κ1) is 56.4. The molecule has 0 unspecified atom stereocenters. The predicted octanol–water partition coefficient (Wildman–Crippen LogP) is 16.3. The number of esters is 2. The molecule has 16 heteroatoms. The molecule has 2 aliphatic rings. The van der Waals surface area contributed by atoms with Crippen LogP contribution in [0.5, 0.6) is 0 Å². The molecular formula is C61H74Cl2N4O8SSi. The summed E-state index contributed by atoms with van der Waals surface area (Å²) in [4.78, 5) is 31.9. The molecule has 4 heterocycles. The Hall–Kier alpha value is -5.35. The van der Waals surface area contributed by atoms with Crippen LogP contribution < -0.4 is 0 Å². The number of aromatic amines is 2. The average Bonchev–Trinajstić information content (AvgIpc) is 4.30. The number of carbonyl (C=O) groups is 2. The topological polar surface area (TPSA) is 147 Å². The summed E-state index contributed by atoms with van der Waals surface area (Å²) in [6.07, 6.45) is 18.2. The molecule has 2 aliphatic carbocycles. The van der Waals surface area contributed by atoms with E-state index in [-0.39, 0.29) is 17.6 Å². The van der Waals surface area contributed by atoms with E-state index in [1.54, 1.807) is 0 Å². The number of aryl methyl sites for hydroxylation is 2. The highest BCUT2D eigenvalue weighted by atomic mass is 35.5. The van der Waals surface area contributed by atoms with E-state index < -0.39 is 24.4 Å². The highest BCUT2D eigenvalue weighted by Crippen LogP contribution is 2.49. The number of ether oxygens (including phenoxy) is 2. The number of halogens is 2. The van der Waals surface area contributed by atoms with Crippen LogP contribution in [0.25, 0.3) is 66.1 Å². The molecule has 0 amide bonds. The molecule has 8 aromatic rings. The van der Waals surface area contributed by atoms with Gasteiger partial charge in [0.2, 0.25) is 0 Å². The molecule has 2 N–H and O–H groups in total. The zero-order valence-corrected chi connectivity index (χ0v) is 49.2. The molecule has 0 bridgehead atoms. The van der Waals surface area contributed by atoms with Crippen LogP contribution in [0.15, 0.2) is 85.2 Å². The zero-order valence-electron chi connectivity index (χ0n) is 45.9. The Morgan fingerprint density at radius 1 is 0.623 bits per heavy atom. The van der Waals surface area contributed by atoms with Gasteiger partial charge in [-0.05, 0) is 140 Å². The summed E-state index contributed by atoms with van der Waals surface area (Å²) in [6, 6.07) is 24.0. The monoisotopic (exact) mass is 1120 g/mol. The summed E-state index contributed by atoms with van der Waals surface area (Å²) < 4.78 is 49.5.